The predicted molar refractivity (Wildman–Crippen MR) is 83.7 cm³/mol. The maximum atomic E-state index is 12.1. The Bertz CT molecular complexity index is 293. The minimum atomic E-state index is 0.277. The molecule has 0 aliphatic carbocycles. The first kappa shape index (κ1) is 15.8. The number of nitrogens with one attached hydrogen (secondary N) is 2. The predicted octanol–water partition coefficient (Wildman–Crippen LogP) is 3.38. The number of carbonyl (C=O) groups is 1. The zero-order valence-corrected chi connectivity index (χ0v) is 13.3. The van der Waals surface area contributed by atoms with Crippen LogP contribution in [0.15, 0.2) is 0 Å². The molecule has 3 nitrogen and oxygen atoms in total. The lowest BCUT2D eigenvalue weighted by molar-refractivity contribution is -0.122. The molecule has 2 saturated heterocycles. The van der Waals surface area contributed by atoms with Crippen LogP contribution in [0.3, 0.4) is 0 Å². The third-order valence-corrected chi connectivity index (χ3v) is 4.94. The summed E-state index contributed by atoms with van der Waals surface area (Å²) < 4.78 is 0. The monoisotopic (exact) mass is 280 g/mol. The molecule has 20 heavy (non-hydrogen) atoms. The molecular weight excluding hydrogens is 248 g/mol. The summed E-state index contributed by atoms with van der Waals surface area (Å²) in [6.07, 6.45) is 12.0. The lowest BCUT2D eigenvalue weighted by atomic mass is 9.89. The van der Waals surface area contributed by atoms with Gasteiger partial charge in [-0.15, -0.1) is 0 Å². The van der Waals surface area contributed by atoms with Crippen LogP contribution in [0.4, 0.5) is 0 Å². The van der Waals surface area contributed by atoms with Gasteiger partial charge in [0.1, 0.15) is 0 Å². The number of fused-ring (bicyclic) bond motifs is 2. The fraction of sp³-hybridized carbons (Fsp3) is 0.941. The van der Waals surface area contributed by atoms with Crippen molar-refractivity contribution in [3.63, 3.8) is 0 Å². The van der Waals surface area contributed by atoms with Crippen molar-refractivity contribution >= 4 is 5.91 Å². The molecule has 2 fully saturated rings. The van der Waals surface area contributed by atoms with Crippen molar-refractivity contribution in [1.29, 1.82) is 0 Å². The van der Waals surface area contributed by atoms with E-state index in [1.807, 2.05) is 0 Å². The molecule has 3 heteroatoms. The maximum Gasteiger partial charge on any atom is 0.220 e. The van der Waals surface area contributed by atoms with E-state index < -0.39 is 0 Å². The van der Waals surface area contributed by atoms with Crippen molar-refractivity contribution in [2.24, 2.45) is 5.92 Å². The van der Waals surface area contributed by atoms with Gasteiger partial charge in [-0.25, -0.2) is 0 Å². The van der Waals surface area contributed by atoms with Crippen LogP contribution in [0.2, 0.25) is 0 Å². The second kappa shape index (κ2) is 8.02. The van der Waals surface area contributed by atoms with Crippen molar-refractivity contribution in [2.45, 2.75) is 96.2 Å². The molecule has 0 radical (unpaired) electrons. The van der Waals surface area contributed by atoms with Gasteiger partial charge in [0.25, 0.3) is 0 Å². The lowest BCUT2D eigenvalue weighted by Crippen LogP contribution is -2.40. The Labute approximate surface area is 124 Å². The Morgan fingerprint density at radius 1 is 1.20 bits per heavy atom. The zero-order chi connectivity index (χ0) is 14.4. The van der Waals surface area contributed by atoms with Crippen LogP contribution in [0.1, 0.15) is 78.1 Å². The van der Waals surface area contributed by atoms with Crippen LogP contribution in [-0.2, 0) is 4.79 Å². The van der Waals surface area contributed by atoms with E-state index in [0.29, 0.717) is 24.0 Å². The minimum absolute atomic E-state index is 0.277. The molecule has 2 heterocycles. The Morgan fingerprint density at radius 3 is 2.55 bits per heavy atom. The summed E-state index contributed by atoms with van der Waals surface area (Å²) in [7, 11) is 0. The van der Waals surface area contributed by atoms with Crippen LogP contribution in [-0.4, -0.2) is 24.0 Å². The highest BCUT2D eigenvalue weighted by molar-refractivity contribution is 5.76. The number of unbranched alkanes of at least 4 members (excludes halogenated alkanes) is 3. The van der Waals surface area contributed by atoms with Crippen molar-refractivity contribution in [3.05, 3.63) is 0 Å². The summed E-state index contributed by atoms with van der Waals surface area (Å²) in [5.74, 6) is 0.889. The van der Waals surface area contributed by atoms with Crippen LogP contribution < -0.4 is 10.6 Å². The molecular formula is C17H32N2O. The molecule has 0 spiro atoms. The highest BCUT2D eigenvalue weighted by Crippen LogP contribution is 2.32. The van der Waals surface area contributed by atoms with Crippen LogP contribution in [0, 0.1) is 5.92 Å². The Balaban J connectivity index is 1.60. The van der Waals surface area contributed by atoms with Gasteiger partial charge < -0.3 is 10.6 Å². The van der Waals surface area contributed by atoms with E-state index in [1.165, 1.54) is 51.4 Å². The molecule has 3 atom stereocenters. The molecule has 2 aliphatic rings. The second-order valence-corrected chi connectivity index (χ2v) is 7.00. The molecule has 2 rings (SSSR count). The highest BCUT2D eigenvalue weighted by atomic mass is 16.1. The smallest absolute Gasteiger partial charge is 0.220 e. The topological polar surface area (TPSA) is 41.1 Å². The standard InChI is InChI=1S/C17H32N2O/c1-3-4-5-6-7-13(2)18-17(20)12-14-10-15-8-9-16(11-14)19-15/h13-16,19H,3-12H2,1-2H3,(H,18,20). The lowest BCUT2D eigenvalue weighted by Gasteiger charge is -2.29. The molecule has 3 unspecified atom stereocenters. The number of rotatable bonds is 8. The average molecular weight is 280 g/mol. The van der Waals surface area contributed by atoms with Crippen LogP contribution >= 0.6 is 0 Å². The largest absolute Gasteiger partial charge is 0.354 e. The van der Waals surface area contributed by atoms with Gasteiger partial charge in [-0.1, -0.05) is 32.6 Å². The first-order valence-electron chi connectivity index (χ1n) is 8.72. The van der Waals surface area contributed by atoms with Gasteiger partial charge in [-0.05, 0) is 44.9 Å². The second-order valence-electron chi connectivity index (χ2n) is 7.00. The van der Waals surface area contributed by atoms with E-state index in [-0.39, 0.29) is 5.91 Å². The first-order valence-corrected chi connectivity index (χ1v) is 8.72. The van der Waals surface area contributed by atoms with Gasteiger partial charge in [-0.2, -0.15) is 0 Å². The number of hydrogen-bond donors (Lipinski definition) is 2. The number of piperidine rings is 1. The molecule has 0 saturated carbocycles. The highest BCUT2D eigenvalue weighted by Gasteiger charge is 2.34. The Morgan fingerprint density at radius 2 is 1.90 bits per heavy atom. The van der Waals surface area contributed by atoms with Crippen LogP contribution in [0.5, 0.6) is 0 Å². The molecule has 0 aromatic heterocycles. The molecule has 1 amide bonds. The van der Waals surface area contributed by atoms with Gasteiger partial charge in [0.05, 0.1) is 0 Å². The minimum Gasteiger partial charge on any atom is -0.354 e. The zero-order valence-electron chi connectivity index (χ0n) is 13.3. The third-order valence-electron chi connectivity index (χ3n) is 4.94. The SMILES string of the molecule is CCCCCCC(C)NC(=O)CC1CC2CCC(C1)N2. The van der Waals surface area contributed by atoms with Gasteiger partial charge >= 0.3 is 0 Å². The molecule has 2 bridgehead atoms. The summed E-state index contributed by atoms with van der Waals surface area (Å²) in [4.78, 5) is 12.1. The fourth-order valence-electron chi connectivity index (χ4n) is 3.89. The van der Waals surface area contributed by atoms with Gasteiger partial charge in [-0.3, -0.25) is 4.79 Å². The van der Waals surface area contributed by atoms with E-state index in [1.54, 1.807) is 0 Å². The normalized spacial score (nSPS) is 30.2. The molecule has 116 valence electrons. The van der Waals surface area contributed by atoms with E-state index >= 15 is 0 Å². The van der Waals surface area contributed by atoms with Gasteiger partial charge in [0, 0.05) is 24.5 Å². The quantitative estimate of drug-likeness (QED) is 0.669. The number of hydrogen-bond acceptors (Lipinski definition) is 2. The molecule has 0 aromatic carbocycles. The molecule has 0 aromatic rings. The molecule has 2 N–H and O–H groups in total. The number of carbonyl (C=O) groups excluding carboxylic acids is 1. The van der Waals surface area contributed by atoms with Gasteiger partial charge in [0.15, 0.2) is 0 Å². The van der Waals surface area contributed by atoms with Crippen LogP contribution in [0.25, 0.3) is 0 Å². The summed E-state index contributed by atoms with van der Waals surface area (Å²) in [5.41, 5.74) is 0. The van der Waals surface area contributed by atoms with Crippen molar-refractivity contribution in [3.8, 4) is 0 Å². The fourth-order valence-corrected chi connectivity index (χ4v) is 3.89. The summed E-state index contributed by atoms with van der Waals surface area (Å²) in [6.45, 7) is 4.38. The van der Waals surface area contributed by atoms with E-state index in [4.69, 9.17) is 0 Å². The van der Waals surface area contributed by atoms with E-state index in [9.17, 15) is 4.79 Å². The Kier molecular flexibility index (Phi) is 6.34. The van der Waals surface area contributed by atoms with Crippen molar-refractivity contribution in [2.75, 3.05) is 0 Å². The number of amides is 1. The summed E-state index contributed by atoms with van der Waals surface area (Å²) in [6, 6.07) is 1.73. The van der Waals surface area contributed by atoms with E-state index in [0.717, 1.165) is 12.8 Å². The third kappa shape index (κ3) is 5.08. The maximum absolute atomic E-state index is 12.1. The molecule has 2 aliphatic heterocycles. The first-order chi connectivity index (χ1) is 9.67. The summed E-state index contributed by atoms with van der Waals surface area (Å²) >= 11 is 0. The summed E-state index contributed by atoms with van der Waals surface area (Å²) in [5, 5.41) is 6.84. The van der Waals surface area contributed by atoms with Crippen molar-refractivity contribution in [1.82, 2.24) is 10.6 Å². The Hall–Kier alpha value is -0.570. The van der Waals surface area contributed by atoms with E-state index in [2.05, 4.69) is 24.5 Å². The average Bonchev–Trinajstić information content (AvgIpc) is 2.74. The van der Waals surface area contributed by atoms with Gasteiger partial charge in [0.2, 0.25) is 5.91 Å². The van der Waals surface area contributed by atoms with Crippen molar-refractivity contribution < 1.29 is 4.79 Å².